The van der Waals surface area contributed by atoms with E-state index in [-0.39, 0.29) is 17.0 Å². The van der Waals surface area contributed by atoms with E-state index in [1.165, 1.54) is 0 Å². The number of carbonyl (C=O) groups is 1. The Labute approximate surface area is 90.1 Å². The molecule has 0 N–H and O–H groups in total. The first-order valence-electron chi connectivity index (χ1n) is 4.07. The van der Waals surface area contributed by atoms with Crippen LogP contribution in [0.2, 0.25) is 5.02 Å². The van der Waals surface area contributed by atoms with Crippen LogP contribution >= 0.6 is 11.6 Å². The Morgan fingerprint density at radius 1 is 1.47 bits per heavy atom. The van der Waals surface area contributed by atoms with Crippen LogP contribution in [0.4, 0.5) is 8.78 Å². The largest absolute Gasteiger partial charge is 0.298 e. The number of halogens is 3. The Hall–Kier alpha value is -1.47. The summed E-state index contributed by atoms with van der Waals surface area (Å²) in [4.78, 5) is 11.0. The zero-order valence-electron chi connectivity index (χ0n) is 7.56. The van der Waals surface area contributed by atoms with Crippen molar-refractivity contribution in [3.05, 3.63) is 34.4 Å². The summed E-state index contributed by atoms with van der Waals surface area (Å²) < 4.78 is 26.4. The molecule has 1 rings (SSSR count). The molecule has 1 aromatic carbocycles. The number of hydrogen-bond donors (Lipinski definition) is 0. The van der Waals surface area contributed by atoms with E-state index in [2.05, 4.69) is 0 Å². The molecule has 0 fully saturated rings. The fourth-order valence-corrected chi connectivity index (χ4v) is 1.26. The summed E-state index contributed by atoms with van der Waals surface area (Å²) in [5.74, 6) is -2.32. The van der Waals surface area contributed by atoms with Crippen molar-refractivity contribution in [2.75, 3.05) is 0 Å². The van der Waals surface area contributed by atoms with Gasteiger partial charge in [0.2, 0.25) is 0 Å². The minimum Gasteiger partial charge on any atom is -0.298 e. The molecule has 2 nitrogen and oxygen atoms in total. The van der Waals surface area contributed by atoms with E-state index in [4.69, 9.17) is 16.9 Å². The topological polar surface area (TPSA) is 40.9 Å². The predicted octanol–water partition coefficient (Wildman–Crippen LogP) is 2.64. The third kappa shape index (κ3) is 2.74. The molecule has 0 spiro atoms. The second kappa shape index (κ2) is 4.85. The van der Waals surface area contributed by atoms with Gasteiger partial charge in [-0.15, -0.1) is 0 Å². The summed E-state index contributed by atoms with van der Waals surface area (Å²) in [5.41, 5.74) is -0.386. The molecule has 5 heteroatoms. The third-order valence-electron chi connectivity index (χ3n) is 1.79. The first kappa shape index (κ1) is 11.6. The van der Waals surface area contributed by atoms with Crippen molar-refractivity contribution in [2.24, 2.45) is 0 Å². The van der Waals surface area contributed by atoms with Crippen molar-refractivity contribution in [3.63, 3.8) is 0 Å². The Morgan fingerprint density at radius 2 is 2.13 bits per heavy atom. The van der Waals surface area contributed by atoms with Crippen molar-refractivity contribution in [2.45, 2.75) is 12.8 Å². The molecule has 0 unspecified atom stereocenters. The minimum absolute atomic E-state index is 0.240. The SMILES string of the molecule is N#CCC(=O)Cc1c(F)ccc(Cl)c1F. The van der Waals surface area contributed by atoms with Gasteiger partial charge in [0.25, 0.3) is 0 Å². The summed E-state index contributed by atoms with van der Waals surface area (Å²) in [5, 5.41) is 7.98. The van der Waals surface area contributed by atoms with E-state index in [1.54, 1.807) is 6.07 Å². The molecular weight excluding hydrogens is 224 g/mol. The molecule has 0 amide bonds. The molecule has 0 aromatic heterocycles. The average molecular weight is 230 g/mol. The van der Waals surface area contributed by atoms with Crippen LogP contribution in [-0.4, -0.2) is 5.78 Å². The second-order valence-corrected chi connectivity index (χ2v) is 3.28. The number of carbonyl (C=O) groups excluding carboxylic acids is 1. The molecule has 0 heterocycles. The first-order chi connectivity index (χ1) is 7.06. The quantitative estimate of drug-likeness (QED) is 0.748. The lowest BCUT2D eigenvalue weighted by Crippen LogP contribution is -2.06. The fourth-order valence-electron chi connectivity index (χ4n) is 1.08. The van der Waals surface area contributed by atoms with Gasteiger partial charge >= 0.3 is 0 Å². The maximum absolute atomic E-state index is 13.3. The number of hydrogen-bond acceptors (Lipinski definition) is 2. The summed E-state index contributed by atoms with van der Waals surface area (Å²) in [6.07, 6.45) is -0.822. The van der Waals surface area contributed by atoms with Gasteiger partial charge < -0.3 is 0 Å². The Kier molecular flexibility index (Phi) is 3.75. The van der Waals surface area contributed by atoms with Crippen LogP contribution < -0.4 is 0 Å². The van der Waals surface area contributed by atoms with Gasteiger partial charge in [0.1, 0.15) is 11.6 Å². The number of nitrogens with zero attached hydrogens (tertiary/aromatic N) is 1. The van der Waals surface area contributed by atoms with Crippen LogP contribution in [0.3, 0.4) is 0 Å². The van der Waals surface area contributed by atoms with E-state index in [9.17, 15) is 13.6 Å². The molecule has 0 saturated carbocycles. The molecule has 78 valence electrons. The van der Waals surface area contributed by atoms with Crippen LogP contribution in [0.5, 0.6) is 0 Å². The predicted molar refractivity (Wildman–Crippen MR) is 50.3 cm³/mol. The smallest absolute Gasteiger partial charge is 0.151 e. The standard InChI is InChI=1S/C10H6ClF2NO/c11-8-1-2-9(12)7(10(8)13)5-6(15)3-4-14/h1-2H,3,5H2. The highest BCUT2D eigenvalue weighted by Crippen LogP contribution is 2.21. The summed E-state index contributed by atoms with van der Waals surface area (Å²) in [6.45, 7) is 0. The van der Waals surface area contributed by atoms with Gasteiger partial charge in [-0.05, 0) is 12.1 Å². The number of Topliss-reactive ketones (excluding diaryl/α,β-unsaturated/α-hetero) is 1. The maximum Gasteiger partial charge on any atom is 0.151 e. The summed E-state index contributed by atoms with van der Waals surface area (Å²) >= 11 is 5.43. The van der Waals surface area contributed by atoms with Crippen molar-refractivity contribution in [3.8, 4) is 6.07 Å². The maximum atomic E-state index is 13.3. The number of nitriles is 1. The van der Waals surface area contributed by atoms with Gasteiger partial charge in [0, 0.05) is 12.0 Å². The zero-order chi connectivity index (χ0) is 11.4. The molecule has 0 aliphatic carbocycles. The van der Waals surface area contributed by atoms with Gasteiger partial charge in [-0.3, -0.25) is 4.79 Å². The van der Waals surface area contributed by atoms with Crippen molar-refractivity contribution in [1.29, 1.82) is 5.26 Å². The average Bonchev–Trinajstić information content (AvgIpc) is 2.19. The molecular formula is C10H6ClF2NO. The van der Waals surface area contributed by atoms with Gasteiger partial charge in [-0.25, -0.2) is 8.78 Å². The third-order valence-corrected chi connectivity index (χ3v) is 2.08. The molecule has 0 aliphatic rings. The second-order valence-electron chi connectivity index (χ2n) is 2.87. The fraction of sp³-hybridized carbons (Fsp3) is 0.200. The van der Waals surface area contributed by atoms with Gasteiger partial charge in [-0.1, -0.05) is 11.6 Å². The van der Waals surface area contributed by atoms with Gasteiger partial charge in [0.15, 0.2) is 5.78 Å². The zero-order valence-corrected chi connectivity index (χ0v) is 8.31. The minimum atomic E-state index is -0.942. The number of benzene rings is 1. The molecule has 15 heavy (non-hydrogen) atoms. The molecule has 0 aliphatic heterocycles. The van der Waals surface area contributed by atoms with Crippen LogP contribution in [0.15, 0.2) is 12.1 Å². The van der Waals surface area contributed by atoms with E-state index < -0.39 is 23.8 Å². The Bertz CT molecular complexity index is 440. The van der Waals surface area contributed by atoms with E-state index >= 15 is 0 Å². The number of ketones is 1. The Morgan fingerprint density at radius 3 is 2.73 bits per heavy atom. The van der Waals surface area contributed by atoms with E-state index in [0.29, 0.717) is 0 Å². The highest BCUT2D eigenvalue weighted by molar-refractivity contribution is 6.30. The molecule has 0 saturated heterocycles. The highest BCUT2D eigenvalue weighted by Gasteiger charge is 2.15. The Balaban J connectivity index is 3.00. The van der Waals surface area contributed by atoms with E-state index in [0.717, 1.165) is 12.1 Å². The lowest BCUT2D eigenvalue weighted by molar-refractivity contribution is -0.117. The van der Waals surface area contributed by atoms with Crippen LogP contribution in [-0.2, 0) is 11.2 Å². The monoisotopic (exact) mass is 229 g/mol. The molecule has 0 atom stereocenters. The highest BCUT2D eigenvalue weighted by atomic mass is 35.5. The van der Waals surface area contributed by atoms with Crippen molar-refractivity contribution >= 4 is 17.4 Å². The van der Waals surface area contributed by atoms with Crippen LogP contribution in [0.25, 0.3) is 0 Å². The lowest BCUT2D eigenvalue weighted by Gasteiger charge is -2.04. The van der Waals surface area contributed by atoms with Crippen molar-refractivity contribution < 1.29 is 13.6 Å². The van der Waals surface area contributed by atoms with Gasteiger partial charge in [0.05, 0.1) is 17.5 Å². The summed E-state index contributed by atoms with van der Waals surface area (Å²) in [6, 6.07) is 3.67. The normalized spacial score (nSPS) is 9.73. The van der Waals surface area contributed by atoms with Crippen molar-refractivity contribution in [1.82, 2.24) is 0 Å². The lowest BCUT2D eigenvalue weighted by atomic mass is 10.1. The first-order valence-corrected chi connectivity index (χ1v) is 4.45. The number of rotatable bonds is 3. The van der Waals surface area contributed by atoms with Gasteiger partial charge in [-0.2, -0.15) is 5.26 Å². The van der Waals surface area contributed by atoms with E-state index in [1.807, 2.05) is 0 Å². The summed E-state index contributed by atoms with van der Waals surface area (Å²) in [7, 11) is 0. The molecule has 0 bridgehead atoms. The van der Waals surface area contributed by atoms with Crippen LogP contribution in [0.1, 0.15) is 12.0 Å². The van der Waals surface area contributed by atoms with Crippen LogP contribution in [0, 0.1) is 23.0 Å². The molecule has 0 radical (unpaired) electrons. The molecule has 1 aromatic rings.